The lowest BCUT2D eigenvalue weighted by Crippen LogP contribution is -2.50. The number of furan rings is 1. The third-order valence-electron chi connectivity index (χ3n) is 4.22. The van der Waals surface area contributed by atoms with E-state index in [9.17, 15) is 9.59 Å². The number of benzene rings is 1. The Morgan fingerprint density at radius 2 is 1.69 bits per heavy atom. The molecule has 140 valence electrons. The van der Waals surface area contributed by atoms with Crippen molar-refractivity contribution < 1.29 is 14.0 Å². The van der Waals surface area contributed by atoms with Gasteiger partial charge in [-0.3, -0.25) is 9.59 Å². The molecule has 0 saturated heterocycles. The SMILES string of the molecule is CC(C)CCC(C)NC(=O)C(Cc1ccccc1)NC(=O)c1ccco1. The average Bonchev–Trinajstić information content (AvgIpc) is 3.15. The van der Waals surface area contributed by atoms with E-state index in [2.05, 4.69) is 24.5 Å². The Kier molecular flexibility index (Phi) is 7.45. The van der Waals surface area contributed by atoms with E-state index in [0.717, 1.165) is 18.4 Å². The number of carbonyl (C=O) groups is 2. The van der Waals surface area contributed by atoms with Crippen molar-refractivity contribution in [2.75, 3.05) is 0 Å². The highest BCUT2D eigenvalue weighted by Crippen LogP contribution is 2.09. The molecule has 5 heteroatoms. The van der Waals surface area contributed by atoms with Crippen LogP contribution in [0.4, 0.5) is 0 Å². The molecule has 0 aliphatic carbocycles. The summed E-state index contributed by atoms with van der Waals surface area (Å²) in [6, 6.07) is 12.3. The van der Waals surface area contributed by atoms with Gasteiger partial charge in [0.25, 0.3) is 5.91 Å². The van der Waals surface area contributed by atoms with Crippen molar-refractivity contribution in [3.8, 4) is 0 Å². The molecule has 0 fully saturated rings. The van der Waals surface area contributed by atoms with Gasteiger partial charge in [-0.05, 0) is 43.4 Å². The Morgan fingerprint density at radius 3 is 2.31 bits per heavy atom. The topological polar surface area (TPSA) is 71.3 Å². The smallest absolute Gasteiger partial charge is 0.287 e. The van der Waals surface area contributed by atoms with Crippen molar-refractivity contribution in [1.82, 2.24) is 10.6 Å². The molecular weight excluding hydrogens is 328 g/mol. The van der Waals surface area contributed by atoms with E-state index in [1.807, 2.05) is 37.3 Å². The zero-order valence-corrected chi connectivity index (χ0v) is 15.7. The zero-order valence-electron chi connectivity index (χ0n) is 15.7. The van der Waals surface area contributed by atoms with Gasteiger partial charge in [-0.15, -0.1) is 0 Å². The first-order valence-electron chi connectivity index (χ1n) is 9.14. The van der Waals surface area contributed by atoms with Gasteiger partial charge in [0.1, 0.15) is 6.04 Å². The van der Waals surface area contributed by atoms with Crippen LogP contribution in [0.1, 0.15) is 49.7 Å². The van der Waals surface area contributed by atoms with Crippen molar-refractivity contribution >= 4 is 11.8 Å². The molecule has 2 amide bonds. The molecule has 0 bridgehead atoms. The average molecular weight is 356 g/mol. The van der Waals surface area contributed by atoms with Crippen LogP contribution < -0.4 is 10.6 Å². The van der Waals surface area contributed by atoms with Crippen LogP contribution in [0.25, 0.3) is 0 Å². The minimum absolute atomic E-state index is 0.0590. The highest BCUT2D eigenvalue weighted by atomic mass is 16.3. The Morgan fingerprint density at radius 1 is 0.962 bits per heavy atom. The van der Waals surface area contributed by atoms with Crippen LogP contribution in [0.15, 0.2) is 53.1 Å². The Balaban J connectivity index is 2.03. The number of nitrogens with one attached hydrogen (secondary N) is 2. The second-order valence-electron chi connectivity index (χ2n) is 7.07. The van der Waals surface area contributed by atoms with Gasteiger partial charge in [-0.1, -0.05) is 44.2 Å². The minimum Gasteiger partial charge on any atom is -0.459 e. The first-order valence-corrected chi connectivity index (χ1v) is 9.14. The van der Waals surface area contributed by atoms with Crippen molar-refractivity contribution in [3.63, 3.8) is 0 Å². The summed E-state index contributed by atoms with van der Waals surface area (Å²) in [7, 11) is 0. The molecular formula is C21H28N2O3. The monoisotopic (exact) mass is 356 g/mol. The fourth-order valence-electron chi connectivity index (χ4n) is 2.70. The molecule has 1 aromatic heterocycles. The second kappa shape index (κ2) is 9.80. The summed E-state index contributed by atoms with van der Waals surface area (Å²) in [5.41, 5.74) is 0.988. The van der Waals surface area contributed by atoms with Gasteiger partial charge in [-0.2, -0.15) is 0 Å². The summed E-state index contributed by atoms with van der Waals surface area (Å²) in [6.07, 6.45) is 3.82. The Labute approximate surface area is 155 Å². The van der Waals surface area contributed by atoms with Crippen molar-refractivity contribution in [3.05, 3.63) is 60.1 Å². The highest BCUT2D eigenvalue weighted by molar-refractivity contribution is 5.95. The molecule has 1 heterocycles. The van der Waals surface area contributed by atoms with Gasteiger partial charge in [0.05, 0.1) is 6.26 Å². The fraction of sp³-hybridized carbons (Fsp3) is 0.429. The molecule has 2 rings (SSSR count). The van der Waals surface area contributed by atoms with Crippen molar-refractivity contribution in [2.45, 2.75) is 52.1 Å². The number of amides is 2. The molecule has 5 nitrogen and oxygen atoms in total. The predicted octanol–water partition coefficient (Wildman–Crippen LogP) is 3.56. The van der Waals surface area contributed by atoms with E-state index >= 15 is 0 Å². The van der Waals surface area contributed by atoms with Gasteiger partial charge in [-0.25, -0.2) is 0 Å². The van der Waals surface area contributed by atoms with E-state index < -0.39 is 6.04 Å². The van der Waals surface area contributed by atoms with E-state index in [4.69, 9.17) is 4.42 Å². The standard InChI is InChI=1S/C21H28N2O3/c1-15(2)11-12-16(3)22-20(24)18(14-17-8-5-4-6-9-17)23-21(25)19-10-7-13-26-19/h4-10,13,15-16,18H,11-12,14H2,1-3H3,(H,22,24)(H,23,25). The summed E-state index contributed by atoms with van der Waals surface area (Å²) in [5, 5.41) is 5.82. The fourth-order valence-corrected chi connectivity index (χ4v) is 2.70. The molecule has 0 radical (unpaired) electrons. The molecule has 0 saturated carbocycles. The van der Waals surface area contributed by atoms with Crippen LogP contribution in [0.3, 0.4) is 0 Å². The normalized spacial score (nSPS) is 13.2. The lowest BCUT2D eigenvalue weighted by Gasteiger charge is -2.21. The van der Waals surface area contributed by atoms with Crippen LogP contribution in [0.5, 0.6) is 0 Å². The molecule has 1 aromatic carbocycles. The third kappa shape index (κ3) is 6.39. The highest BCUT2D eigenvalue weighted by Gasteiger charge is 2.24. The van der Waals surface area contributed by atoms with Crippen molar-refractivity contribution in [2.24, 2.45) is 5.92 Å². The maximum Gasteiger partial charge on any atom is 0.287 e. The van der Waals surface area contributed by atoms with E-state index in [1.54, 1.807) is 12.1 Å². The maximum atomic E-state index is 12.8. The minimum atomic E-state index is -0.656. The number of carbonyl (C=O) groups excluding carboxylic acids is 2. The van der Waals surface area contributed by atoms with E-state index in [-0.39, 0.29) is 23.6 Å². The van der Waals surface area contributed by atoms with Gasteiger partial charge in [0.2, 0.25) is 5.91 Å². The Bertz CT molecular complexity index is 681. The molecule has 2 N–H and O–H groups in total. The zero-order chi connectivity index (χ0) is 18.9. The summed E-state index contributed by atoms with van der Waals surface area (Å²) >= 11 is 0. The molecule has 2 aromatic rings. The maximum absolute atomic E-state index is 12.8. The van der Waals surface area contributed by atoms with Crippen LogP contribution in [0, 0.1) is 5.92 Å². The summed E-state index contributed by atoms with van der Waals surface area (Å²) in [5.74, 6) is 0.225. The van der Waals surface area contributed by atoms with Crippen LogP contribution in [-0.4, -0.2) is 23.9 Å². The number of hydrogen-bond acceptors (Lipinski definition) is 3. The van der Waals surface area contributed by atoms with Crippen LogP contribution in [0.2, 0.25) is 0 Å². The second-order valence-corrected chi connectivity index (χ2v) is 7.07. The lowest BCUT2D eigenvalue weighted by atomic mass is 10.0. The predicted molar refractivity (Wildman–Crippen MR) is 102 cm³/mol. The molecule has 0 spiro atoms. The first kappa shape index (κ1) is 19.8. The molecule has 0 aliphatic heterocycles. The van der Waals surface area contributed by atoms with Crippen LogP contribution >= 0.6 is 0 Å². The molecule has 0 aliphatic rings. The quantitative estimate of drug-likeness (QED) is 0.722. The molecule has 2 unspecified atom stereocenters. The summed E-state index contributed by atoms with van der Waals surface area (Å²) in [6.45, 7) is 6.32. The number of hydrogen-bond donors (Lipinski definition) is 2. The van der Waals surface area contributed by atoms with Gasteiger partial charge in [0.15, 0.2) is 5.76 Å². The summed E-state index contributed by atoms with van der Waals surface area (Å²) < 4.78 is 5.13. The Hall–Kier alpha value is -2.56. The molecule has 2 atom stereocenters. The first-order chi connectivity index (χ1) is 12.5. The van der Waals surface area contributed by atoms with Crippen molar-refractivity contribution in [1.29, 1.82) is 0 Å². The third-order valence-corrected chi connectivity index (χ3v) is 4.22. The number of rotatable bonds is 9. The van der Waals surface area contributed by atoms with E-state index in [1.165, 1.54) is 6.26 Å². The van der Waals surface area contributed by atoms with Gasteiger partial charge >= 0.3 is 0 Å². The lowest BCUT2D eigenvalue weighted by molar-refractivity contribution is -0.123. The van der Waals surface area contributed by atoms with Gasteiger partial charge < -0.3 is 15.1 Å². The van der Waals surface area contributed by atoms with Crippen LogP contribution in [-0.2, 0) is 11.2 Å². The van der Waals surface area contributed by atoms with Gasteiger partial charge in [0, 0.05) is 12.5 Å². The molecule has 26 heavy (non-hydrogen) atoms. The largest absolute Gasteiger partial charge is 0.459 e. The van der Waals surface area contributed by atoms with E-state index in [0.29, 0.717) is 12.3 Å². The summed E-state index contributed by atoms with van der Waals surface area (Å²) in [4.78, 5) is 25.1.